The van der Waals surface area contributed by atoms with Gasteiger partial charge in [0, 0.05) is 25.3 Å². The van der Waals surface area contributed by atoms with Gasteiger partial charge in [0.2, 0.25) is 5.91 Å². The van der Waals surface area contributed by atoms with Gasteiger partial charge < -0.3 is 15.4 Å². The van der Waals surface area contributed by atoms with Crippen molar-refractivity contribution in [2.45, 2.75) is 44.6 Å². The lowest BCUT2D eigenvalue weighted by Crippen LogP contribution is -2.32. The highest BCUT2D eigenvalue weighted by molar-refractivity contribution is 5.77. The minimum atomic E-state index is -0.280. The molecule has 2 unspecified atom stereocenters. The number of nitrogens with zero attached hydrogens (tertiary/aromatic N) is 1. The van der Waals surface area contributed by atoms with Gasteiger partial charge in [0.1, 0.15) is 5.82 Å². The fourth-order valence-electron chi connectivity index (χ4n) is 3.26. The second-order valence-electron chi connectivity index (χ2n) is 6.45. The highest BCUT2D eigenvalue weighted by atomic mass is 16.3. The lowest BCUT2D eigenvalue weighted by Gasteiger charge is -2.14. The van der Waals surface area contributed by atoms with Crippen LogP contribution < -0.4 is 10.9 Å². The number of nitrogens with one attached hydrogen (secondary N) is 2. The van der Waals surface area contributed by atoms with Crippen LogP contribution >= 0.6 is 0 Å². The van der Waals surface area contributed by atoms with Gasteiger partial charge in [0.25, 0.3) is 5.56 Å². The summed E-state index contributed by atoms with van der Waals surface area (Å²) in [6.07, 6.45) is 4.13. The standard InChI is InChI=1S/C18H23N3O3/c22-15-8-3-5-12(15)11-19-17(23)10-4-9-16-20-14-7-2-1-6-13(14)18(24)21-16/h1-2,6-7,12,15,22H,3-5,8-11H2,(H,19,23)(H,20,21,24). The zero-order valence-electron chi connectivity index (χ0n) is 13.6. The van der Waals surface area contributed by atoms with Crippen LogP contribution in [0.5, 0.6) is 0 Å². The minimum Gasteiger partial charge on any atom is -0.393 e. The molecule has 1 fully saturated rings. The lowest BCUT2D eigenvalue weighted by atomic mass is 10.1. The molecule has 2 atom stereocenters. The number of aromatic nitrogens is 2. The van der Waals surface area contributed by atoms with Crippen molar-refractivity contribution in [2.24, 2.45) is 5.92 Å². The average molecular weight is 329 g/mol. The normalized spacial score (nSPS) is 20.4. The molecule has 0 saturated heterocycles. The topological polar surface area (TPSA) is 95.1 Å². The van der Waals surface area contributed by atoms with Gasteiger partial charge in [-0.1, -0.05) is 18.6 Å². The maximum Gasteiger partial charge on any atom is 0.258 e. The van der Waals surface area contributed by atoms with Crippen LogP contribution in [0.15, 0.2) is 29.1 Å². The highest BCUT2D eigenvalue weighted by Crippen LogP contribution is 2.24. The molecule has 1 saturated carbocycles. The molecule has 0 radical (unpaired) electrons. The number of fused-ring (bicyclic) bond motifs is 1. The molecule has 0 spiro atoms. The van der Waals surface area contributed by atoms with Crippen LogP contribution in [0.25, 0.3) is 10.9 Å². The van der Waals surface area contributed by atoms with Crippen molar-refractivity contribution >= 4 is 16.8 Å². The van der Waals surface area contributed by atoms with E-state index in [0.717, 1.165) is 19.3 Å². The number of aromatic amines is 1. The van der Waals surface area contributed by atoms with E-state index in [-0.39, 0.29) is 23.5 Å². The molecule has 1 heterocycles. The Labute approximate surface area is 140 Å². The molecule has 6 nitrogen and oxygen atoms in total. The first-order chi connectivity index (χ1) is 11.6. The van der Waals surface area contributed by atoms with E-state index in [4.69, 9.17) is 0 Å². The van der Waals surface area contributed by atoms with Crippen LogP contribution in [0, 0.1) is 5.92 Å². The number of carbonyl (C=O) groups excluding carboxylic acids is 1. The third kappa shape index (κ3) is 4.00. The molecule has 1 aromatic heterocycles. The van der Waals surface area contributed by atoms with Gasteiger partial charge in [-0.2, -0.15) is 0 Å². The number of aliphatic hydroxyl groups is 1. The summed E-state index contributed by atoms with van der Waals surface area (Å²) in [7, 11) is 0. The predicted molar refractivity (Wildman–Crippen MR) is 91.7 cm³/mol. The predicted octanol–water partition coefficient (Wildman–Crippen LogP) is 1.52. The molecule has 0 bridgehead atoms. The number of hydrogen-bond donors (Lipinski definition) is 3. The first-order valence-corrected chi connectivity index (χ1v) is 8.56. The van der Waals surface area contributed by atoms with E-state index in [2.05, 4.69) is 15.3 Å². The molecule has 3 rings (SSSR count). The summed E-state index contributed by atoms with van der Waals surface area (Å²) >= 11 is 0. The molecule has 0 aliphatic heterocycles. The summed E-state index contributed by atoms with van der Waals surface area (Å²) < 4.78 is 0. The van der Waals surface area contributed by atoms with Crippen molar-refractivity contribution in [3.63, 3.8) is 0 Å². The van der Waals surface area contributed by atoms with Crippen molar-refractivity contribution in [3.05, 3.63) is 40.4 Å². The van der Waals surface area contributed by atoms with Gasteiger partial charge in [-0.05, 0) is 31.4 Å². The van der Waals surface area contributed by atoms with E-state index in [0.29, 0.717) is 42.5 Å². The zero-order valence-corrected chi connectivity index (χ0v) is 13.6. The van der Waals surface area contributed by atoms with Crippen LogP contribution in [0.3, 0.4) is 0 Å². The monoisotopic (exact) mass is 329 g/mol. The Morgan fingerprint density at radius 1 is 1.33 bits per heavy atom. The Morgan fingerprint density at radius 3 is 2.96 bits per heavy atom. The van der Waals surface area contributed by atoms with Crippen LogP contribution in [-0.2, 0) is 11.2 Å². The second-order valence-corrected chi connectivity index (χ2v) is 6.45. The molecular formula is C18H23N3O3. The van der Waals surface area contributed by atoms with E-state index in [1.807, 2.05) is 18.2 Å². The van der Waals surface area contributed by atoms with Gasteiger partial charge in [0.15, 0.2) is 0 Å². The SMILES string of the molecule is O=C(CCCc1nc2ccccc2c(=O)[nH]1)NCC1CCCC1O. The molecule has 1 amide bonds. The van der Waals surface area contributed by atoms with Crippen LogP contribution in [-0.4, -0.2) is 33.6 Å². The summed E-state index contributed by atoms with van der Waals surface area (Å²) in [4.78, 5) is 31.1. The number of aryl methyl sites for hydroxylation is 1. The Balaban J connectivity index is 1.47. The molecule has 128 valence electrons. The van der Waals surface area contributed by atoms with Crippen molar-refractivity contribution in [3.8, 4) is 0 Å². The maximum atomic E-state index is 12.0. The summed E-state index contributed by atoms with van der Waals surface area (Å²) in [6.45, 7) is 0.547. The van der Waals surface area contributed by atoms with Gasteiger partial charge in [0.05, 0.1) is 17.0 Å². The number of aliphatic hydroxyl groups excluding tert-OH is 1. The van der Waals surface area contributed by atoms with E-state index in [9.17, 15) is 14.7 Å². The fraction of sp³-hybridized carbons (Fsp3) is 0.500. The van der Waals surface area contributed by atoms with E-state index in [1.165, 1.54) is 0 Å². The third-order valence-electron chi connectivity index (χ3n) is 4.66. The summed E-state index contributed by atoms with van der Waals surface area (Å²) in [5.74, 6) is 0.780. The van der Waals surface area contributed by atoms with Gasteiger partial charge in [-0.15, -0.1) is 0 Å². The van der Waals surface area contributed by atoms with Gasteiger partial charge >= 0.3 is 0 Å². The zero-order chi connectivity index (χ0) is 16.9. The molecule has 1 aromatic carbocycles. The van der Waals surface area contributed by atoms with E-state index in [1.54, 1.807) is 6.07 Å². The van der Waals surface area contributed by atoms with Crippen LogP contribution in [0.2, 0.25) is 0 Å². The number of benzene rings is 1. The van der Waals surface area contributed by atoms with Crippen molar-refractivity contribution in [1.29, 1.82) is 0 Å². The Bertz CT molecular complexity index is 771. The molecule has 1 aliphatic rings. The number of H-pyrrole nitrogens is 1. The first-order valence-electron chi connectivity index (χ1n) is 8.56. The Kier molecular flexibility index (Phi) is 5.25. The lowest BCUT2D eigenvalue weighted by molar-refractivity contribution is -0.121. The highest BCUT2D eigenvalue weighted by Gasteiger charge is 2.25. The van der Waals surface area contributed by atoms with Gasteiger partial charge in [-0.3, -0.25) is 9.59 Å². The number of rotatable bonds is 6. The van der Waals surface area contributed by atoms with E-state index < -0.39 is 0 Å². The molecule has 2 aromatic rings. The third-order valence-corrected chi connectivity index (χ3v) is 4.66. The smallest absolute Gasteiger partial charge is 0.258 e. The summed E-state index contributed by atoms with van der Waals surface area (Å²) in [5.41, 5.74) is 0.534. The molecule has 24 heavy (non-hydrogen) atoms. The number of amides is 1. The molecule has 3 N–H and O–H groups in total. The second kappa shape index (κ2) is 7.57. The van der Waals surface area contributed by atoms with Crippen molar-refractivity contribution < 1.29 is 9.90 Å². The quantitative estimate of drug-likeness (QED) is 0.749. The summed E-state index contributed by atoms with van der Waals surface area (Å²) in [5, 5.41) is 13.2. The maximum absolute atomic E-state index is 12.0. The number of hydrogen-bond acceptors (Lipinski definition) is 4. The Hall–Kier alpha value is -2.21. The molecule has 1 aliphatic carbocycles. The first kappa shape index (κ1) is 16.6. The number of carbonyl (C=O) groups is 1. The van der Waals surface area contributed by atoms with Crippen molar-refractivity contribution in [2.75, 3.05) is 6.54 Å². The molecule has 6 heteroatoms. The molecular weight excluding hydrogens is 306 g/mol. The van der Waals surface area contributed by atoms with Crippen molar-refractivity contribution in [1.82, 2.24) is 15.3 Å². The Morgan fingerprint density at radius 2 is 2.17 bits per heavy atom. The minimum absolute atomic E-state index is 0.0164. The van der Waals surface area contributed by atoms with E-state index >= 15 is 0 Å². The average Bonchev–Trinajstić information content (AvgIpc) is 2.98. The largest absolute Gasteiger partial charge is 0.393 e. The van der Waals surface area contributed by atoms with Gasteiger partial charge in [-0.25, -0.2) is 4.98 Å². The van der Waals surface area contributed by atoms with Crippen LogP contribution in [0.4, 0.5) is 0 Å². The number of para-hydroxylation sites is 1. The fourth-order valence-corrected chi connectivity index (χ4v) is 3.26. The van der Waals surface area contributed by atoms with Crippen LogP contribution in [0.1, 0.15) is 37.9 Å². The summed E-state index contributed by atoms with van der Waals surface area (Å²) in [6, 6.07) is 7.22.